The average Bonchev–Trinajstić information content (AvgIpc) is 3.16. The molecule has 0 aliphatic carbocycles. The third-order valence-corrected chi connectivity index (χ3v) is 6.91. The molecule has 0 saturated carbocycles. The van der Waals surface area contributed by atoms with Crippen molar-refractivity contribution in [1.82, 2.24) is 0 Å². The van der Waals surface area contributed by atoms with Crippen LogP contribution in [0.3, 0.4) is 0 Å². The lowest BCUT2D eigenvalue weighted by Crippen LogP contribution is -2.27. The van der Waals surface area contributed by atoms with Crippen molar-refractivity contribution in [3.63, 3.8) is 0 Å². The van der Waals surface area contributed by atoms with Crippen molar-refractivity contribution in [3.05, 3.63) is 107 Å². The number of carbonyl (C=O) groups excluding carboxylic acids is 1. The van der Waals surface area contributed by atoms with E-state index in [4.69, 9.17) is 21.7 Å². The van der Waals surface area contributed by atoms with E-state index >= 15 is 0 Å². The molecule has 1 aliphatic heterocycles. The van der Waals surface area contributed by atoms with Crippen LogP contribution in [0.15, 0.2) is 95.9 Å². The molecule has 0 unspecified atom stereocenters. The number of hydrogen-bond acceptors (Lipinski definition) is 5. The second kappa shape index (κ2) is 10.3. The molecule has 6 heteroatoms. The van der Waals surface area contributed by atoms with Gasteiger partial charge < -0.3 is 9.47 Å². The molecule has 4 nitrogen and oxygen atoms in total. The molecule has 1 heterocycles. The van der Waals surface area contributed by atoms with Crippen LogP contribution in [-0.4, -0.2) is 16.8 Å². The molecule has 0 bridgehead atoms. The van der Waals surface area contributed by atoms with Crippen LogP contribution in [0.4, 0.5) is 5.69 Å². The molecule has 0 aromatic heterocycles. The number of rotatable bonds is 7. The monoisotopic (exact) mass is 497 g/mol. The van der Waals surface area contributed by atoms with Gasteiger partial charge in [0, 0.05) is 5.39 Å². The third kappa shape index (κ3) is 4.94. The highest BCUT2D eigenvalue weighted by Crippen LogP contribution is 2.39. The molecule has 4 aromatic carbocycles. The number of thiocarbonyl (C=S) groups is 1. The van der Waals surface area contributed by atoms with E-state index in [2.05, 4.69) is 0 Å². The van der Waals surface area contributed by atoms with E-state index in [0.717, 1.165) is 27.6 Å². The van der Waals surface area contributed by atoms with Crippen molar-refractivity contribution in [2.24, 2.45) is 0 Å². The SMILES string of the molecule is CCOc1cc(/C=C2\SC(=S)N(c3cccc4ccccc34)C2=O)ccc1OCc1ccccc1. The minimum absolute atomic E-state index is 0.126. The first-order valence-corrected chi connectivity index (χ1v) is 12.6. The Labute approximate surface area is 214 Å². The number of anilines is 1. The number of nitrogens with zero attached hydrogens (tertiary/aromatic N) is 1. The Hall–Kier alpha value is -3.61. The Kier molecular flexibility index (Phi) is 6.84. The van der Waals surface area contributed by atoms with E-state index in [1.165, 1.54) is 11.8 Å². The van der Waals surface area contributed by atoms with E-state index < -0.39 is 0 Å². The summed E-state index contributed by atoms with van der Waals surface area (Å²) in [4.78, 5) is 15.6. The summed E-state index contributed by atoms with van der Waals surface area (Å²) in [7, 11) is 0. The first-order chi connectivity index (χ1) is 17.1. The molecule has 1 saturated heterocycles. The Bertz CT molecular complexity index is 1430. The lowest BCUT2D eigenvalue weighted by Gasteiger charge is -2.17. The van der Waals surface area contributed by atoms with Crippen LogP contribution >= 0.6 is 24.0 Å². The topological polar surface area (TPSA) is 38.8 Å². The highest BCUT2D eigenvalue weighted by molar-refractivity contribution is 8.27. The summed E-state index contributed by atoms with van der Waals surface area (Å²) in [6, 6.07) is 29.6. The van der Waals surface area contributed by atoms with Crippen LogP contribution in [0.2, 0.25) is 0 Å². The maximum absolute atomic E-state index is 13.4. The fourth-order valence-electron chi connectivity index (χ4n) is 3.97. The van der Waals surface area contributed by atoms with E-state index in [0.29, 0.717) is 33.9 Å². The summed E-state index contributed by atoms with van der Waals surface area (Å²) < 4.78 is 12.4. The fraction of sp³-hybridized carbons (Fsp3) is 0.103. The highest BCUT2D eigenvalue weighted by Gasteiger charge is 2.34. The Balaban J connectivity index is 1.41. The Morgan fingerprint density at radius 2 is 1.66 bits per heavy atom. The zero-order valence-corrected chi connectivity index (χ0v) is 20.8. The zero-order valence-electron chi connectivity index (χ0n) is 19.1. The summed E-state index contributed by atoms with van der Waals surface area (Å²) in [6.45, 7) is 2.89. The van der Waals surface area contributed by atoms with E-state index in [1.54, 1.807) is 4.90 Å². The van der Waals surface area contributed by atoms with E-state index in [-0.39, 0.29) is 5.91 Å². The van der Waals surface area contributed by atoms with Gasteiger partial charge in [0.1, 0.15) is 6.61 Å². The number of thioether (sulfide) groups is 1. The second-order valence-corrected chi connectivity index (χ2v) is 9.60. The zero-order chi connectivity index (χ0) is 24.2. The number of hydrogen-bond donors (Lipinski definition) is 0. The summed E-state index contributed by atoms with van der Waals surface area (Å²) in [5.41, 5.74) is 2.73. The standard InChI is InChI=1S/C29H23NO3S2/c1-2-32-26-17-21(15-16-25(26)33-19-20-9-4-3-5-10-20)18-27-28(31)30(29(34)35-27)24-14-8-12-22-11-6-7-13-23(22)24/h3-18H,2,19H2,1H3/b27-18-. The molecular weight excluding hydrogens is 474 g/mol. The molecule has 0 spiro atoms. The van der Waals surface area contributed by atoms with Crippen LogP contribution in [0, 0.1) is 0 Å². The largest absolute Gasteiger partial charge is 0.490 e. The van der Waals surface area contributed by atoms with E-state index in [1.807, 2.05) is 104 Å². The van der Waals surface area contributed by atoms with Crippen molar-refractivity contribution >= 4 is 56.7 Å². The van der Waals surface area contributed by atoms with Gasteiger partial charge in [-0.15, -0.1) is 0 Å². The number of ether oxygens (including phenoxy) is 2. The number of carbonyl (C=O) groups is 1. The molecule has 0 N–H and O–H groups in total. The second-order valence-electron chi connectivity index (χ2n) is 7.93. The molecule has 0 radical (unpaired) electrons. The normalized spacial score (nSPS) is 14.7. The molecule has 35 heavy (non-hydrogen) atoms. The van der Waals surface area contributed by atoms with Gasteiger partial charge in [-0.3, -0.25) is 9.69 Å². The van der Waals surface area contributed by atoms with Crippen molar-refractivity contribution in [3.8, 4) is 11.5 Å². The van der Waals surface area contributed by atoms with Gasteiger partial charge in [0.2, 0.25) is 0 Å². The summed E-state index contributed by atoms with van der Waals surface area (Å²) >= 11 is 6.92. The summed E-state index contributed by atoms with van der Waals surface area (Å²) in [6.07, 6.45) is 1.86. The fourth-order valence-corrected chi connectivity index (χ4v) is 5.25. The van der Waals surface area contributed by atoms with Crippen molar-refractivity contribution in [2.75, 3.05) is 11.5 Å². The van der Waals surface area contributed by atoms with Crippen LogP contribution in [0.25, 0.3) is 16.8 Å². The molecule has 4 aromatic rings. The minimum atomic E-state index is -0.126. The van der Waals surface area contributed by atoms with Gasteiger partial charge in [0.25, 0.3) is 5.91 Å². The molecule has 5 rings (SSSR count). The predicted octanol–water partition coefficient (Wildman–Crippen LogP) is 7.22. The number of fused-ring (bicyclic) bond motifs is 1. The van der Waals surface area contributed by atoms with Gasteiger partial charge in [-0.25, -0.2) is 0 Å². The van der Waals surface area contributed by atoms with Crippen molar-refractivity contribution in [1.29, 1.82) is 0 Å². The molecular formula is C29H23NO3S2. The maximum atomic E-state index is 13.4. The maximum Gasteiger partial charge on any atom is 0.270 e. The van der Waals surface area contributed by atoms with Gasteiger partial charge in [-0.2, -0.15) is 0 Å². The molecule has 1 fully saturated rings. The van der Waals surface area contributed by atoms with Crippen molar-refractivity contribution in [2.45, 2.75) is 13.5 Å². The minimum Gasteiger partial charge on any atom is -0.490 e. The van der Waals surface area contributed by atoms with Crippen molar-refractivity contribution < 1.29 is 14.3 Å². The summed E-state index contributed by atoms with van der Waals surface area (Å²) in [5, 5.41) is 2.06. The highest BCUT2D eigenvalue weighted by atomic mass is 32.2. The molecule has 0 atom stereocenters. The van der Waals surface area contributed by atoms with Gasteiger partial charge in [-0.1, -0.05) is 96.8 Å². The van der Waals surface area contributed by atoms with Gasteiger partial charge >= 0.3 is 0 Å². The van der Waals surface area contributed by atoms with Crippen LogP contribution < -0.4 is 14.4 Å². The first-order valence-electron chi connectivity index (χ1n) is 11.3. The van der Waals surface area contributed by atoms with Gasteiger partial charge in [-0.05, 0) is 47.7 Å². The average molecular weight is 498 g/mol. The van der Waals surface area contributed by atoms with Gasteiger partial charge in [0.15, 0.2) is 15.8 Å². The third-order valence-electron chi connectivity index (χ3n) is 5.60. The Morgan fingerprint density at radius 3 is 2.49 bits per heavy atom. The smallest absolute Gasteiger partial charge is 0.270 e. The lowest BCUT2D eigenvalue weighted by molar-refractivity contribution is -0.113. The summed E-state index contributed by atoms with van der Waals surface area (Å²) in [5.74, 6) is 1.18. The van der Waals surface area contributed by atoms with Crippen LogP contribution in [-0.2, 0) is 11.4 Å². The Morgan fingerprint density at radius 1 is 0.886 bits per heavy atom. The number of benzene rings is 4. The van der Waals surface area contributed by atoms with E-state index in [9.17, 15) is 4.79 Å². The predicted molar refractivity (Wildman–Crippen MR) is 148 cm³/mol. The number of amides is 1. The molecule has 1 aliphatic rings. The molecule has 174 valence electrons. The van der Waals surface area contributed by atoms with Crippen LogP contribution in [0.1, 0.15) is 18.1 Å². The molecule has 1 amide bonds. The quantitative estimate of drug-likeness (QED) is 0.199. The first kappa shape index (κ1) is 23.1. The lowest BCUT2D eigenvalue weighted by atomic mass is 10.1. The van der Waals surface area contributed by atoms with Gasteiger partial charge in [0.05, 0.1) is 17.2 Å². The van der Waals surface area contributed by atoms with Crippen LogP contribution in [0.5, 0.6) is 11.5 Å².